The quantitative estimate of drug-likeness (QED) is 0.0659. The number of aromatic nitrogens is 3. The number of nitrogen functional groups attached to an aromatic ring is 1. The third-order valence-corrected chi connectivity index (χ3v) is 14.5. The number of unbranched alkanes of at least 4 members (excludes halogenated alkanes) is 1. The van der Waals surface area contributed by atoms with E-state index in [-0.39, 0.29) is 36.3 Å². The van der Waals surface area contributed by atoms with Crippen molar-refractivity contribution in [2.24, 2.45) is 17.8 Å². The molecule has 3 unspecified atom stereocenters. The zero-order chi connectivity index (χ0) is 50.8. The Morgan fingerprint density at radius 3 is 2.42 bits per heavy atom. The number of esters is 1. The van der Waals surface area contributed by atoms with Crippen molar-refractivity contribution in [3.63, 3.8) is 0 Å². The molecule has 0 bridgehead atoms. The number of likely N-dealkylation sites (N-methyl/N-ethyl adjacent to an activating group) is 1. The smallest absolute Gasteiger partial charge is 0.410 e. The summed E-state index contributed by atoms with van der Waals surface area (Å²) in [6, 6.07) is 14.3. The fourth-order valence-corrected chi connectivity index (χ4v) is 10.8. The Morgan fingerprint density at radius 2 is 1.77 bits per heavy atom. The van der Waals surface area contributed by atoms with Crippen LogP contribution in [0.4, 0.5) is 14.4 Å². The van der Waals surface area contributed by atoms with Crippen LogP contribution in [0.25, 0.3) is 11.3 Å². The number of nitrogens with one attached hydrogen (secondary N) is 1. The molecule has 69 heavy (non-hydrogen) atoms. The fraction of sp³-hybridized carbons (Fsp3) is 0.660. The standard InChI is InChI=1S/C49H72BrN7O9.CH3FS/c1-11-40-49(7)43(57(47(61)66-49)21-13-12-20-56-28-38(53-54-56)34-17-15-19-36(51)25-34)37(24-33-16-14-18-35(50)23-33)52-27-29(2)26-48(6,62-10)44(31(4)41(58)32(5)45(60)64-40)65-46-42(59)39(55(8)9)22-30(3)63-46;1-3-2/h14-19,23,25,28-32,37,39-40,42-44,46,52,59H,11-13,20-22,24,26-27,51H2,1-10H3;1H3/t29-,30?,31+,32-,37-,39?,40-,42?,43-,44-,46+,48-,49-;/m1./s1. The average Bonchev–Trinajstić information content (AvgIpc) is 3.88. The number of hydrogen-bond acceptors (Lipinski definition) is 15. The van der Waals surface area contributed by atoms with Crippen molar-refractivity contribution in [1.29, 1.82) is 0 Å². The van der Waals surface area contributed by atoms with Crippen molar-refractivity contribution < 1.29 is 47.1 Å². The molecule has 0 spiro atoms. The Morgan fingerprint density at radius 1 is 1.07 bits per heavy atom. The third-order valence-electron chi connectivity index (χ3n) is 14.0. The molecule has 1 aromatic heterocycles. The molecule has 3 aliphatic rings. The van der Waals surface area contributed by atoms with Gasteiger partial charge in [-0.3, -0.25) is 19.2 Å². The Bertz CT molecular complexity index is 2160. The van der Waals surface area contributed by atoms with Gasteiger partial charge < -0.3 is 44.7 Å². The van der Waals surface area contributed by atoms with Gasteiger partial charge in [0.05, 0.1) is 30.0 Å². The van der Waals surface area contributed by atoms with Gasteiger partial charge in [-0.1, -0.05) is 66.2 Å². The molecule has 19 heteroatoms. The van der Waals surface area contributed by atoms with Crippen molar-refractivity contribution in [3.05, 3.63) is 64.8 Å². The number of methoxy groups -OCH3 is 1. The number of Topliss-reactive ketones (excluding diaryl/α,β-unsaturated/α-hetero) is 1. The van der Waals surface area contributed by atoms with Crippen LogP contribution < -0.4 is 11.1 Å². The van der Waals surface area contributed by atoms with Crippen molar-refractivity contribution >= 4 is 51.6 Å². The van der Waals surface area contributed by atoms with E-state index in [2.05, 4.69) is 50.6 Å². The van der Waals surface area contributed by atoms with Crippen molar-refractivity contribution in [1.82, 2.24) is 30.1 Å². The van der Waals surface area contributed by atoms with Crippen LogP contribution >= 0.6 is 28.1 Å². The highest BCUT2D eigenvalue weighted by Crippen LogP contribution is 2.41. The number of aliphatic hydroxyl groups excluding tert-OH is 1. The van der Waals surface area contributed by atoms with Crippen LogP contribution in [0.15, 0.2) is 59.2 Å². The first-order valence-electron chi connectivity index (χ1n) is 24.0. The number of benzene rings is 2. The number of ketones is 1. The van der Waals surface area contributed by atoms with E-state index >= 15 is 0 Å². The van der Waals surface area contributed by atoms with Gasteiger partial charge in [-0.15, -0.1) is 5.10 Å². The molecular formula is C50H75BrFN7O9S. The molecule has 4 heterocycles. The first-order valence-corrected chi connectivity index (χ1v) is 25.9. The predicted octanol–water partition coefficient (Wildman–Crippen LogP) is 7.50. The number of carbonyl (C=O) groups is 3. The molecule has 2 aromatic carbocycles. The number of carbonyl (C=O) groups excluding carboxylic acids is 3. The maximum atomic E-state index is 14.6. The van der Waals surface area contributed by atoms with Crippen LogP contribution in [-0.2, 0) is 46.2 Å². The van der Waals surface area contributed by atoms with Crippen molar-refractivity contribution in [3.8, 4) is 11.3 Å². The Kier molecular flexibility index (Phi) is 20.5. The summed E-state index contributed by atoms with van der Waals surface area (Å²) in [5.74, 6) is -3.30. The van der Waals surface area contributed by atoms with Gasteiger partial charge in [0.15, 0.2) is 17.7 Å². The van der Waals surface area contributed by atoms with Crippen molar-refractivity contribution in [2.45, 2.75) is 154 Å². The molecule has 3 fully saturated rings. The van der Waals surface area contributed by atoms with Crippen LogP contribution in [0.3, 0.4) is 0 Å². The maximum absolute atomic E-state index is 14.6. The number of aliphatic hydroxyl groups is 1. The second-order valence-electron chi connectivity index (χ2n) is 19.6. The second kappa shape index (κ2) is 25.1. The molecule has 3 aliphatic heterocycles. The topological polar surface area (TPSA) is 193 Å². The summed E-state index contributed by atoms with van der Waals surface area (Å²) >= 11 is 3.90. The van der Waals surface area contributed by atoms with Gasteiger partial charge in [-0.25, -0.2) is 4.79 Å². The molecule has 3 aromatic rings. The number of ether oxygens (including phenoxy) is 5. The fourth-order valence-electron chi connectivity index (χ4n) is 10.4. The first-order chi connectivity index (χ1) is 32.7. The molecule has 3 saturated heterocycles. The van der Waals surface area contributed by atoms with Gasteiger partial charge in [0.25, 0.3) is 0 Å². The Hall–Kier alpha value is -3.69. The second-order valence-corrected chi connectivity index (χ2v) is 20.8. The first kappa shape index (κ1) is 56.2. The minimum Gasteiger partial charge on any atom is -0.458 e. The number of halogens is 2. The summed E-state index contributed by atoms with van der Waals surface area (Å²) in [7, 11) is 5.40. The number of aryl methyl sites for hydroxylation is 1. The molecule has 16 nitrogen and oxygen atoms in total. The van der Waals surface area contributed by atoms with E-state index in [0.29, 0.717) is 63.8 Å². The van der Waals surface area contributed by atoms with Gasteiger partial charge in [-0.2, -0.15) is 3.89 Å². The van der Waals surface area contributed by atoms with Gasteiger partial charge in [0.1, 0.15) is 23.8 Å². The monoisotopic (exact) mass is 1050 g/mol. The zero-order valence-electron chi connectivity index (χ0n) is 42.1. The molecule has 1 amide bonds. The number of anilines is 1. The van der Waals surface area contributed by atoms with Crippen LogP contribution in [0.5, 0.6) is 0 Å². The van der Waals surface area contributed by atoms with E-state index in [9.17, 15) is 23.4 Å². The molecule has 0 radical (unpaired) electrons. The van der Waals surface area contributed by atoms with Crippen LogP contribution in [-0.4, -0.2) is 148 Å². The van der Waals surface area contributed by atoms with E-state index in [4.69, 9.17) is 29.4 Å². The number of hydrogen-bond donors (Lipinski definition) is 3. The highest BCUT2D eigenvalue weighted by molar-refractivity contribution is 9.10. The minimum atomic E-state index is -1.32. The lowest BCUT2D eigenvalue weighted by Gasteiger charge is -2.46. The van der Waals surface area contributed by atoms with E-state index in [1.165, 1.54) is 6.26 Å². The highest BCUT2D eigenvalue weighted by Gasteiger charge is 2.59. The molecular weight excluding hydrogens is 974 g/mol. The number of nitrogens with zero attached hydrogens (tertiary/aromatic N) is 5. The molecule has 6 rings (SSSR count). The SMILES string of the molecule is CC[C@H]1OC(=O)[C@H](C)C(=O)[C@H](C)[C@@H](O[C@@H]2OC(C)CC(N(C)C)C2O)[C@](C)(OC)C[C@@H](C)CN[C@H](Cc2cccc(Br)c2)[C@H]2N(CCCCn3cc(-c4cccc(N)c4)nn3)C(=O)O[C@]12C.CSF. The minimum absolute atomic E-state index is 0.0703. The van der Waals surface area contributed by atoms with Crippen LogP contribution in [0.1, 0.15) is 86.1 Å². The average molecular weight is 1050 g/mol. The molecule has 0 saturated carbocycles. The van der Waals surface area contributed by atoms with E-state index in [1.54, 1.807) is 30.5 Å². The summed E-state index contributed by atoms with van der Waals surface area (Å²) < 4.78 is 45.0. The zero-order valence-corrected chi connectivity index (χ0v) is 44.5. The van der Waals surface area contributed by atoms with E-state index in [0.717, 1.165) is 21.3 Å². The number of nitrogens with two attached hydrogens (primary N) is 1. The van der Waals surface area contributed by atoms with Gasteiger partial charge >= 0.3 is 12.1 Å². The highest BCUT2D eigenvalue weighted by atomic mass is 79.9. The van der Waals surface area contributed by atoms with Gasteiger partial charge in [-0.05, 0) is 123 Å². The Balaban J connectivity index is 0.00000288. The summed E-state index contributed by atoms with van der Waals surface area (Å²) in [6.45, 7) is 14.4. The molecule has 384 valence electrons. The lowest BCUT2D eigenvalue weighted by Crippen LogP contribution is -2.62. The summed E-state index contributed by atoms with van der Waals surface area (Å²) in [5.41, 5.74) is 6.87. The summed E-state index contributed by atoms with van der Waals surface area (Å²) in [5, 5.41) is 24.1. The summed E-state index contributed by atoms with van der Waals surface area (Å²) in [6.07, 6.45) is 1.79. The van der Waals surface area contributed by atoms with E-state index < -0.39 is 71.5 Å². The predicted molar refractivity (Wildman–Crippen MR) is 269 cm³/mol. The Labute approximate surface area is 420 Å². The number of fused-ring (bicyclic) bond motifs is 1. The lowest BCUT2D eigenvalue weighted by molar-refractivity contribution is -0.295. The lowest BCUT2D eigenvalue weighted by atomic mass is 9.78. The number of amides is 1. The van der Waals surface area contributed by atoms with Gasteiger partial charge in [0, 0.05) is 72.3 Å². The molecule has 4 N–H and O–H groups in total. The molecule has 0 aliphatic carbocycles. The maximum Gasteiger partial charge on any atom is 0.410 e. The van der Waals surface area contributed by atoms with Gasteiger partial charge in [0.2, 0.25) is 0 Å². The third kappa shape index (κ3) is 13.8. The molecule has 13 atom stereocenters. The summed E-state index contributed by atoms with van der Waals surface area (Å²) in [4.78, 5) is 47.0. The number of cyclic esters (lactones) is 1. The van der Waals surface area contributed by atoms with E-state index in [1.807, 2.05) is 89.3 Å². The van der Waals surface area contributed by atoms with Crippen LogP contribution in [0, 0.1) is 17.8 Å². The largest absolute Gasteiger partial charge is 0.458 e. The van der Waals surface area contributed by atoms with Crippen molar-refractivity contribution in [2.75, 3.05) is 46.3 Å². The normalized spacial score (nSPS) is 32.6. The number of rotatable bonds is 13. The van der Waals surface area contributed by atoms with Crippen LogP contribution in [0.2, 0.25) is 0 Å².